The second kappa shape index (κ2) is 7.69. The fourth-order valence-corrected chi connectivity index (χ4v) is 3.40. The van der Waals surface area contributed by atoms with E-state index in [4.69, 9.17) is 4.74 Å². The molecule has 0 amide bonds. The van der Waals surface area contributed by atoms with Gasteiger partial charge in [-0.05, 0) is 47.9 Å². The normalized spacial score (nSPS) is 16.9. The molecule has 4 rings (SSSR count). The molecule has 2 heteroatoms. The summed E-state index contributed by atoms with van der Waals surface area (Å²) in [7, 11) is 4.11. The lowest BCUT2D eigenvalue weighted by molar-refractivity contribution is -0.462. The molecule has 0 radical (unpaired) electrons. The zero-order valence-corrected chi connectivity index (χ0v) is 16.5. The summed E-state index contributed by atoms with van der Waals surface area (Å²) in [4.78, 5) is 0. The van der Waals surface area contributed by atoms with Gasteiger partial charge in [-0.2, -0.15) is 0 Å². The van der Waals surface area contributed by atoms with Crippen LogP contribution in [0.2, 0.25) is 0 Å². The van der Waals surface area contributed by atoms with E-state index in [1.807, 2.05) is 30.3 Å². The zero-order chi connectivity index (χ0) is 19.5. The standard InChI is InChI=1S/C26H24NO/c1-19(17-20-13-15-22(16-14-20)27(2)3)24-18-26(21-9-5-4-6-10-21)28-25-12-8-7-11-23(24)25/h4-18H,1-3H3/q+1/b24-19-. The van der Waals surface area contributed by atoms with E-state index in [9.17, 15) is 0 Å². The first-order valence-electron chi connectivity index (χ1n) is 9.49. The van der Waals surface area contributed by atoms with E-state index in [0.717, 1.165) is 22.6 Å². The fraction of sp³-hybridized carbons (Fsp3) is 0.115. The number of ether oxygens (including phenoxy) is 1. The first-order chi connectivity index (χ1) is 13.6. The lowest BCUT2D eigenvalue weighted by Gasteiger charge is -2.21. The molecule has 0 atom stereocenters. The molecule has 28 heavy (non-hydrogen) atoms. The van der Waals surface area contributed by atoms with Crippen molar-refractivity contribution in [3.05, 3.63) is 113 Å². The minimum Gasteiger partial charge on any atom is -0.456 e. The van der Waals surface area contributed by atoms with Crippen LogP contribution in [0.4, 0.5) is 0 Å². The van der Waals surface area contributed by atoms with Gasteiger partial charge in [-0.1, -0.05) is 54.6 Å². The second-order valence-corrected chi connectivity index (χ2v) is 7.20. The summed E-state index contributed by atoms with van der Waals surface area (Å²) in [6.45, 7) is 2.16. The molecule has 0 fully saturated rings. The van der Waals surface area contributed by atoms with Crippen LogP contribution in [0, 0.1) is 0 Å². The van der Waals surface area contributed by atoms with Crippen molar-refractivity contribution < 1.29 is 9.31 Å². The highest BCUT2D eigenvalue weighted by atomic mass is 16.5. The minimum absolute atomic E-state index is 0.880. The number of hydrogen-bond donors (Lipinski definition) is 0. The van der Waals surface area contributed by atoms with Crippen LogP contribution in [0.5, 0.6) is 5.75 Å². The molecule has 2 aliphatic rings. The van der Waals surface area contributed by atoms with Crippen LogP contribution in [-0.4, -0.2) is 24.4 Å². The molecule has 1 aliphatic carbocycles. The lowest BCUT2D eigenvalue weighted by Crippen LogP contribution is -2.09. The summed E-state index contributed by atoms with van der Waals surface area (Å²) in [6.07, 6.45) is 13.0. The lowest BCUT2D eigenvalue weighted by atomic mass is 9.94. The number of nitrogens with zero attached hydrogens (tertiary/aromatic N) is 1. The fourth-order valence-electron chi connectivity index (χ4n) is 3.40. The third-order valence-electron chi connectivity index (χ3n) is 4.95. The molecule has 2 aromatic carbocycles. The topological polar surface area (TPSA) is 12.2 Å². The van der Waals surface area contributed by atoms with Crippen molar-refractivity contribution in [3.8, 4) is 5.75 Å². The Hall–Kier alpha value is -3.39. The highest BCUT2D eigenvalue weighted by Crippen LogP contribution is 2.38. The van der Waals surface area contributed by atoms with E-state index in [-0.39, 0.29) is 0 Å². The highest BCUT2D eigenvalue weighted by molar-refractivity contribution is 6.02. The van der Waals surface area contributed by atoms with Crippen molar-refractivity contribution >= 4 is 17.0 Å². The number of hydrogen-bond acceptors (Lipinski definition) is 1. The average Bonchev–Trinajstić information content (AvgIpc) is 2.74. The largest absolute Gasteiger partial charge is 0.456 e. The van der Waals surface area contributed by atoms with Gasteiger partial charge in [0.15, 0.2) is 5.71 Å². The quantitative estimate of drug-likeness (QED) is 0.625. The van der Waals surface area contributed by atoms with Crippen molar-refractivity contribution in [2.45, 2.75) is 6.92 Å². The van der Waals surface area contributed by atoms with Crippen molar-refractivity contribution in [3.63, 3.8) is 0 Å². The maximum atomic E-state index is 6.20. The van der Waals surface area contributed by atoms with Crippen molar-refractivity contribution in [2.24, 2.45) is 0 Å². The van der Waals surface area contributed by atoms with Crippen LogP contribution >= 0.6 is 0 Å². The number of fused-ring (bicyclic) bond motifs is 1. The van der Waals surface area contributed by atoms with Gasteiger partial charge >= 0.3 is 0 Å². The van der Waals surface area contributed by atoms with E-state index in [1.165, 1.54) is 22.4 Å². The summed E-state index contributed by atoms with van der Waals surface area (Å²) in [5.41, 5.74) is 7.00. The van der Waals surface area contributed by atoms with Gasteiger partial charge in [-0.15, -0.1) is 0 Å². The molecule has 0 aromatic heterocycles. The highest BCUT2D eigenvalue weighted by Gasteiger charge is 2.18. The molecule has 1 aliphatic heterocycles. The van der Waals surface area contributed by atoms with E-state index < -0.39 is 0 Å². The van der Waals surface area contributed by atoms with Gasteiger partial charge < -0.3 is 4.74 Å². The maximum Gasteiger partial charge on any atom is 0.199 e. The van der Waals surface area contributed by atoms with E-state index in [1.54, 1.807) is 0 Å². The van der Waals surface area contributed by atoms with Gasteiger partial charge in [0.1, 0.15) is 25.6 Å². The Morgan fingerprint density at radius 2 is 1.54 bits per heavy atom. The first-order valence-corrected chi connectivity index (χ1v) is 9.49. The molecule has 1 heterocycles. The van der Waals surface area contributed by atoms with Crippen LogP contribution in [-0.2, 0) is 0 Å². The van der Waals surface area contributed by atoms with Crippen LogP contribution in [0.1, 0.15) is 18.1 Å². The van der Waals surface area contributed by atoms with Crippen LogP contribution < -0.4 is 4.74 Å². The third-order valence-corrected chi connectivity index (χ3v) is 4.95. The monoisotopic (exact) mass is 366 g/mol. The molecule has 0 saturated carbocycles. The average molecular weight is 366 g/mol. The van der Waals surface area contributed by atoms with Crippen LogP contribution in [0.25, 0.3) is 11.3 Å². The van der Waals surface area contributed by atoms with E-state index >= 15 is 0 Å². The van der Waals surface area contributed by atoms with Crippen molar-refractivity contribution in [2.75, 3.05) is 14.1 Å². The molecule has 2 nitrogen and oxygen atoms in total. The summed E-state index contributed by atoms with van der Waals surface area (Å²) in [6, 6.07) is 18.5. The minimum atomic E-state index is 0.880. The van der Waals surface area contributed by atoms with E-state index in [0.29, 0.717) is 0 Å². The molecule has 0 saturated heterocycles. The van der Waals surface area contributed by atoms with Gasteiger partial charge in [-0.25, -0.2) is 4.58 Å². The number of rotatable bonds is 2. The molecule has 138 valence electrons. The molecule has 2 aromatic rings. The Kier molecular flexibility index (Phi) is 4.94. The van der Waals surface area contributed by atoms with Crippen LogP contribution in [0.3, 0.4) is 0 Å². The first kappa shape index (κ1) is 18.0. The second-order valence-electron chi connectivity index (χ2n) is 7.20. The van der Waals surface area contributed by atoms with Crippen LogP contribution in [0.15, 0.2) is 102 Å². The molecule has 0 unspecified atom stereocenters. The third kappa shape index (κ3) is 3.67. The number of allylic oxidation sites excluding steroid dienone is 9. The van der Waals surface area contributed by atoms with Crippen molar-refractivity contribution in [1.82, 2.24) is 0 Å². The number of benzene rings is 2. The summed E-state index contributed by atoms with van der Waals surface area (Å²) in [5, 5.41) is 0. The Balaban J connectivity index is 1.79. The van der Waals surface area contributed by atoms with Gasteiger partial charge in [-0.3, -0.25) is 0 Å². The predicted molar refractivity (Wildman–Crippen MR) is 118 cm³/mol. The smallest absolute Gasteiger partial charge is 0.199 e. The summed E-state index contributed by atoms with van der Waals surface area (Å²) in [5.74, 6) is 1.78. The predicted octanol–water partition coefficient (Wildman–Crippen LogP) is 5.66. The Morgan fingerprint density at radius 1 is 0.857 bits per heavy atom. The molecule has 0 bridgehead atoms. The summed E-state index contributed by atoms with van der Waals surface area (Å²) < 4.78 is 8.31. The molecule has 0 N–H and O–H groups in total. The Labute approximate surface area is 166 Å². The van der Waals surface area contributed by atoms with Gasteiger partial charge in [0, 0.05) is 23.3 Å². The Morgan fingerprint density at radius 3 is 2.25 bits per heavy atom. The molecular weight excluding hydrogens is 342 g/mol. The Bertz CT molecular complexity index is 1070. The molecule has 0 spiro atoms. The summed E-state index contributed by atoms with van der Waals surface area (Å²) >= 11 is 0. The van der Waals surface area contributed by atoms with Gasteiger partial charge in [0.05, 0.1) is 0 Å². The maximum absolute atomic E-state index is 6.20. The zero-order valence-electron chi connectivity index (χ0n) is 16.5. The van der Waals surface area contributed by atoms with Crippen molar-refractivity contribution in [1.29, 1.82) is 0 Å². The SMILES string of the molecule is C/C(C=C1C=CC(=[N+](C)C)C=C1)=C1\C=C(c2ccccc2)Oc2ccccc21. The number of para-hydroxylation sites is 1. The molecular formula is C26H24NO+. The van der Waals surface area contributed by atoms with Gasteiger partial charge in [0.2, 0.25) is 0 Å². The van der Waals surface area contributed by atoms with E-state index in [2.05, 4.69) is 86.3 Å². The van der Waals surface area contributed by atoms with Gasteiger partial charge in [0.25, 0.3) is 0 Å².